The number of rotatable bonds is 6. The second-order valence-electron chi connectivity index (χ2n) is 7.19. The second-order valence-corrected chi connectivity index (χ2v) is 9.20. The zero-order chi connectivity index (χ0) is 19.7. The van der Waals surface area contributed by atoms with Crippen molar-refractivity contribution in [3.63, 3.8) is 0 Å². The molecule has 0 radical (unpaired) electrons. The van der Waals surface area contributed by atoms with E-state index in [1.165, 1.54) is 12.1 Å². The van der Waals surface area contributed by atoms with E-state index in [1.807, 2.05) is 32.0 Å². The number of carbonyl (C=O) groups excluding carboxylic acids is 1. The third-order valence-electron chi connectivity index (χ3n) is 4.22. The van der Waals surface area contributed by atoms with Crippen LogP contribution in [0.15, 0.2) is 47.4 Å². The lowest BCUT2D eigenvalue weighted by Gasteiger charge is -2.18. The lowest BCUT2D eigenvalue weighted by atomic mass is 10.0. The van der Waals surface area contributed by atoms with Crippen LogP contribution in [-0.2, 0) is 16.3 Å². The van der Waals surface area contributed by atoms with Crippen LogP contribution in [0.5, 0.6) is 11.5 Å². The Balaban J connectivity index is 1.56. The van der Waals surface area contributed by atoms with Crippen LogP contribution in [0.25, 0.3) is 0 Å². The number of carbonyl (C=O) groups is 1. The summed E-state index contributed by atoms with van der Waals surface area (Å²) >= 11 is 0. The molecule has 0 spiro atoms. The van der Waals surface area contributed by atoms with Gasteiger partial charge in [0.05, 0.1) is 11.4 Å². The molecule has 1 amide bonds. The van der Waals surface area contributed by atoms with E-state index >= 15 is 0 Å². The van der Waals surface area contributed by atoms with E-state index in [4.69, 9.17) is 9.47 Å². The van der Waals surface area contributed by atoms with E-state index in [2.05, 4.69) is 5.32 Å². The summed E-state index contributed by atoms with van der Waals surface area (Å²) in [7, 11) is -3.35. The Morgan fingerprint density at radius 3 is 2.70 bits per heavy atom. The first kappa shape index (κ1) is 19.2. The van der Waals surface area contributed by atoms with Crippen LogP contribution in [0.2, 0.25) is 0 Å². The highest BCUT2D eigenvalue weighted by Crippen LogP contribution is 2.41. The number of ether oxygens (including phenoxy) is 2. The molecule has 1 N–H and O–H groups in total. The Kier molecular flexibility index (Phi) is 5.15. The van der Waals surface area contributed by atoms with Gasteiger partial charge in [-0.3, -0.25) is 4.79 Å². The molecule has 0 unspecified atom stereocenters. The summed E-state index contributed by atoms with van der Waals surface area (Å²) in [6, 6.07) is 11.7. The van der Waals surface area contributed by atoms with Crippen LogP contribution in [-0.4, -0.2) is 39.3 Å². The number of hydrogen-bond acceptors (Lipinski definition) is 5. The molecule has 0 aromatic heterocycles. The third kappa shape index (κ3) is 4.60. The smallest absolute Gasteiger partial charge is 0.251 e. The predicted molar refractivity (Wildman–Crippen MR) is 102 cm³/mol. The molecule has 6 nitrogen and oxygen atoms in total. The molecular weight excluding hydrogens is 366 g/mol. The van der Waals surface area contributed by atoms with E-state index in [1.54, 1.807) is 12.1 Å². The first-order chi connectivity index (χ1) is 12.7. The Morgan fingerprint density at radius 2 is 1.96 bits per heavy atom. The quantitative estimate of drug-likeness (QED) is 0.768. The SMILES string of the molecule is CC1(C)Cc2cccc(OCCNC(=O)c3cccc(S(C)(=O)=O)c3)c2O1. The van der Waals surface area contributed by atoms with E-state index in [0.29, 0.717) is 11.3 Å². The van der Waals surface area contributed by atoms with Crippen molar-refractivity contribution < 1.29 is 22.7 Å². The molecule has 0 bridgehead atoms. The van der Waals surface area contributed by atoms with Crippen molar-refractivity contribution >= 4 is 15.7 Å². The van der Waals surface area contributed by atoms with E-state index in [-0.39, 0.29) is 29.6 Å². The molecule has 27 heavy (non-hydrogen) atoms. The van der Waals surface area contributed by atoms with Crippen molar-refractivity contribution in [1.82, 2.24) is 5.32 Å². The molecule has 3 rings (SSSR count). The minimum atomic E-state index is -3.35. The van der Waals surface area contributed by atoms with Crippen LogP contribution < -0.4 is 14.8 Å². The van der Waals surface area contributed by atoms with Gasteiger partial charge in [-0.2, -0.15) is 0 Å². The van der Waals surface area contributed by atoms with Crippen LogP contribution in [0.4, 0.5) is 0 Å². The first-order valence-electron chi connectivity index (χ1n) is 8.68. The maximum absolute atomic E-state index is 12.2. The number of hydrogen-bond donors (Lipinski definition) is 1. The average Bonchev–Trinajstić information content (AvgIpc) is 2.92. The van der Waals surface area contributed by atoms with Gasteiger partial charge in [-0.1, -0.05) is 18.2 Å². The number of fused-ring (bicyclic) bond motifs is 1. The van der Waals surface area contributed by atoms with E-state index < -0.39 is 9.84 Å². The molecular formula is C20H23NO5S. The second kappa shape index (κ2) is 7.23. The summed E-state index contributed by atoms with van der Waals surface area (Å²) < 4.78 is 34.9. The van der Waals surface area contributed by atoms with Crippen molar-refractivity contribution in [2.75, 3.05) is 19.4 Å². The molecule has 0 aliphatic carbocycles. The molecule has 144 valence electrons. The van der Waals surface area contributed by atoms with Gasteiger partial charge in [0.2, 0.25) is 0 Å². The number of benzene rings is 2. The summed E-state index contributed by atoms with van der Waals surface area (Å²) in [5, 5.41) is 2.73. The Labute approximate surface area is 159 Å². The van der Waals surface area contributed by atoms with Crippen LogP contribution in [0.3, 0.4) is 0 Å². The van der Waals surface area contributed by atoms with E-state index in [9.17, 15) is 13.2 Å². The highest BCUT2D eigenvalue weighted by Gasteiger charge is 2.32. The monoisotopic (exact) mass is 389 g/mol. The summed E-state index contributed by atoms with van der Waals surface area (Å²) in [6.45, 7) is 4.62. The largest absolute Gasteiger partial charge is 0.488 e. The summed E-state index contributed by atoms with van der Waals surface area (Å²) in [5.74, 6) is 1.07. The van der Waals surface area contributed by atoms with Crippen molar-refractivity contribution in [3.8, 4) is 11.5 Å². The number of nitrogens with one attached hydrogen (secondary N) is 1. The normalized spacial score (nSPS) is 14.9. The average molecular weight is 389 g/mol. The molecule has 1 aliphatic rings. The fourth-order valence-electron chi connectivity index (χ4n) is 3.00. The van der Waals surface area contributed by atoms with Crippen LogP contribution in [0.1, 0.15) is 29.8 Å². The topological polar surface area (TPSA) is 81.7 Å². The molecule has 2 aromatic rings. The summed E-state index contributed by atoms with van der Waals surface area (Å²) in [4.78, 5) is 12.3. The van der Waals surface area contributed by atoms with Gasteiger partial charge < -0.3 is 14.8 Å². The van der Waals surface area contributed by atoms with Crippen LogP contribution >= 0.6 is 0 Å². The standard InChI is InChI=1S/C20H23NO5S/c1-20(2)13-15-7-5-9-17(18(15)26-20)25-11-10-21-19(22)14-6-4-8-16(12-14)27(3,23)24/h4-9,12H,10-11,13H2,1-3H3,(H,21,22). The molecule has 0 saturated carbocycles. The predicted octanol–water partition coefficient (Wildman–Crippen LogP) is 2.61. The zero-order valence-electron chi connectivity index (χ0n) is 15.6. The molecule has 0 saturated heterocycles. The lowest BCUT2D eigenvalue weighted by molar-refractivity contribution is 0.0946. The van der Waals surface area contributed by atoms with Gasteiger partial charge in [-0.05, 0) is 38.1 Å². The van der Waals surface area contributed by atoms with Crippen molar-refractivity contribution in [1.29, 1.82) is 0 Å². The first-order valence-corrected chi connectivity index (χ1v) is 10.6. The number of para-hydroxylation sites is 1. The van der Waals surface area contributed by atoms with Gasteiger partial charge in [0.25, 0.3) is 5.91 Å². The maximum atomic E-state index is 12.2. The number of sulfone groups is 1. The Morgan fingerprint density at radius 1 is 1.22 bits per heavy atom. The third-order valence-corrected chi connectivity index (χ3v) is 5.33. The lowest BCUT2D eigenvalue weighted by Crippen LogP contribution is -2.28. The van der Waals surface area contributed by atoms with Gasteiger partial charge in [0.15, 0.2) is 21.3 Å². The summed E-state index contributed by atoms with van der Waals surface area (Å²) in [6.07, 6.45) is 1.94. The molecule has 1 aliphatic heterocycles. The minimum Gasteiger partial charge on any atom is -0.488 e. The van der Waals surface area contributed by atoms with E-state index in [0.717, 1.165) is 24.0 Å². The molecule has 7 heteroatoms. The van der Waals surface area contributed by atoms with Gasteiger partial charge in [0, 0.05) is 23.8 Å². The Bertz CT molecular complexity index is 966. The van der Waals surface area contributed by atoms with Crippen molar-refractivity contribution in [2.24, 2.45) is 0 Å². The van der Waals surface area contributed by atoms with Gasteiger partial charge in [-0.15, -0.1) is 0 Å². The van der Waals surface area contributed by atoms with Crippen molar-refractivity contribution in [2.45, 2.75) is 30.8 Å². The van der Waals surface area contributed by atoms with Gasteiger partial charge >= 0.3 is 0 Å². The fourth-order valence-corrected chi connectivity index (χ4v) is 3.66. The minimum absolute atomic E-state index is 0.117. The molecule has 2 aromatic carbocycles. The molecule has 1 heterocycles. The highest BCUT2D eigenvalue weighted by atomic mass is 32.2. The molecule has 0 fully saturated rings. The summed E-state index contributed by atoms with van der Waals surface area (Å²) in [5.41, 5.74) is 1.16. The van der Waals surface area contributed by atoms with Crippen LogP contribution in [0, 0.1) is 0 Å². The maximum Gasteiger partial charge on any atom is 0.251 e. The van der Waals surface area contributed by atoms with Crippen molar-refractivity contribution in [3.05, 3.63) is 53.6 Å². The fraction of sp³-hybridized carbons (Fsp3) is 0.350. The highest BCUT2D eigenvalue weighted by molar-refractivity contribution is 7.90. The molecule has 0 atom stereocenters. The van der Waals surface area contributed by atoms with Gasteiger partial charge in [-0.25, -0.2) is 8.42 Å². The van der Waals surface area contributed by atoms with Gasteiger partial charge in [0.1, 0.15) is 12.2 Å². The Hall–Kier alpha value is -2.54. The number of amides is 1. The zero-order valence-corrected chi connectivity index (χ0v) is 16.4.